The SMILES string of the molecule is CNc1ncc(Cl)c(-n2ccc(C(F)(F)F)n2)n1. The predicted octanol–water partition coefficient (Wildman–Crippen LogP) is 2.38. The number of halogens is 4. The van der Waals surface area contributed by atoms with Gasteiger partial charge in [-0.25, -0.2) is 9.67 Å². The summed E-state index contributed by atoms with van der Waals surface area (Å²) >= 11 is 5.82. The molecule has 2 heterocycles. The van der Waals surface area contributed by atoms with Crippen molar-refractivity contribution in [1.29, 1.82) is 0 Å². The van der Waals surface area contributed by atoms with Crippen molar-refractivity contribution in [2.75, 3.05) is 12.4 Å². The molecule has 2 aromatic heterocycles. The number of aromatic nitrogens is 4. The van der Waals surface area contributed by atoms with Crippen LogP contribution in [0.3, 0.4) is 0 Å². The van der Waals surface area contributed by atoms with Crippen molar-refractivity contribution >= 4 is 17.5 Å². The van der Waals surface area contributed by atoms with Crippen LogP contribution in [0.25, 0.3) is 5.82 Å². The molecule has 2 rings (SSSR count). The Morgan fingerprint density at radius 2 is 2.11 bits per heavy atom. The third-order valence-electron chi connectivity index (χ3n) is 2.05. The minimum atomic E-state index is -4.50. The Labute approximate surface area is 105 Å². The quantitative estimate of drug-likeness (QED) is 0.916. The van der Waals surface area contributed by atoms with Gasteiger partial charge in [0.15, 0.2) is 11.5 Å². The maximum atomic E-state index is 12.4. The van der Waals surface area contributed by atoms with E-state index >= 15 is 0 Å². The van der Waals surface area contributed by atoms with Gasteiger partial charge in [0.2, 0.25) is 5.95 Å². The van der Waals surface area contributed by atoms with Gasteiger partial charge in [0.05, 0.1) is 6.20 Å². The van der Waals surface area contributed by atoms with Gasteiger partial charge in [0, 0.05) is 13.2 Å². The standard InChI is InChI=1S/C9H7ClF3N5/c1-14-8-15-4-5(10)7(16-8)18-3-2-6(17-18)9(11,12)13/h2-4H,1H3,(H,14,15,16). The van der Waals surface area contributed by atoms with Gasteiger partial charge in [0.1, 0.15) is 5.02 Å². The number of nitrogens with one attached hydrogen (secondary N) is 1. The molecule has 18 heavy (non-hydrogen) atoms. The summed E-state index contributed by atoms with van der Waals surface area (Å²) in [5.41, 5.74) is -1.01. The molecule has 1 N–H and O–H groups in total. The van der Waals surface area contributed by atoms with Gasteiger partial charge in [-0.2, -0.15) is 23.3 Å². The van der Waals surface area contributed by atoms with E-state index in [2.05, 4.69) is 20.4 Å². The molecule has 0 saturated carbocycles. The van der Waals surface area contributed by atoms with Crippen molar-refractivity contribution in [3.63, 3.8) is 0 Å². The molecular weight excluding hydrogens is 271 g/mol. The lowest BCUT2D eigenvalue weighted by molar-refractivity contribution is -0.141. The van der Waals surface area contributed by atoms with Gasteiger partial charge in [-0.3, -0.25) is 0 Å². The third kappa shape index (κ3) is 2.37. The van der Waals surface area contributed by atoms with Crippen molar-refractivity contribution in [3.8, 4) is 5.82 Å². The van der Waals surface area contributed by atoms with E-state index in [1.165, 1.54) is 6.20 Å². The molecule has 0 radical (unpaired) electrons. The average molecular weight is 278 g/mol. The number of nitrogens with zero attached hydrogens (tertiary/aromatic N) is 4. The zero-order valence-corrected chi connectivity index (χ0v) is 9.79. The van der Waals surface area contributed by atoms with E-state index in [-0.39, 0.29) is 16.8 Å². The number of rotatable bonds is 2. The molecule has 96 valence electrons. The van der Waals surface area contributed by atoms with Crippen LogP contribution >= 0.6 is 11.6 Å². The fourth-order valence-electron chi connectivity index (χ4n) is 1.23. The summed E-state index contributed by atoms with van der Waals surface area (Å²) in [5.74, 6) is 0.310. The largest absolute Gasteiger partial charge is 0.435 e. The van der Waals surface area contributed by atoms with Crippen molar-refractivity contribution in [3.05, 3.63) is 29.2 Å². The predicted molar refractivity (Wildman–Crippen MR) is 58.7 cm³/mol. The molecule has 0 aromatic carbocycles. The maximum absolute atomic E-state index is 12.4. The maximum Gasteiger partial charge on any atom is 0.435 e. The molecule has 0 saturated heterocycles. The van der Waals surface area contributed by atoms with E-state index in [4.69, 9.17) is 11.6 Å². The van der Waals surface area contributed by atoms with E-state index in [1.807, 2.05) is 0 Å². The first-order valence-electron chi connectivity index (χ1n) is 4.75. The second-order valence-corrected chi connectivity index (χ2v) is 3.67. The summed E-state index contributed by atoms with van der Waals surface area (Å²) in [6.07, 6.45) is -2.09. The molecule has 9 heteroatoms. The minimum absolute atomic E-state index is 0.0755. The second-order valence-electron chi connectivity index (χ2n) is 3.26. The van der Waals surface area contributed by atoms with Gasteiger partial charge in [-0.15, -0.1) is 0 Å². The number of anilines is 1. The first-order chi connectivity index (χ1) is 8.41. The van der Waals surface area contributed by atoms with Crippen LogP contribution in [0.2, 0.25) is 5.02 Å². The lowest BCUT2D eigenvalue weighted by Crippen LogP contribution is -2.09. The zero-order chi connectivity index (χ0) is 13.3. The molecule has 0 aliphatic rings. The van der Waals surface area contributed by atoms with E-state index < -0.39 is 11.9 Å². The highest BCUT2D eigenvalue weighted by molar-refractivity contribution is 6.32. The van der Waals surface area contributed by atoms with Gasteiger partial charge < -0.3 is 5.32 Å². The first kappa shape index (κ1) is 12.6. The normalized spacial score (nSPS) is 11.6. The molecule has 0 amide bonds. The number of hydrogen-bond donors (Lipinski definition) is 1. The number of hydrogen-bond acceptors (Lipinski definition) is 4. The molecule has 0 aliphatic carbocycles. The smallest absolute Gasteiger partial charge is 0.357 e. The fourth-order valence-corrected chi connectivity index (χ4v) is 1.41. The highest BCUT2D eigenvalue weighted by Crippen LogP contribution is 2.28. The Hall–Kier alpha value is -1.83. The van der Waals surface area contributed by atoms with Gasteiger partial charge in [-0.05, 0) is 6.07 Å². The fraction of sp³-hybridized carbons (Fsp3) is 0.222. The summed E-state index contributed by atoms with van der Waals surface area (Å²) in [7, 11) is 1.58. The van der Waals surface area contributed by atoms with Crippen molar-refractivity contribution < 1.29 is 13.2 Å². The van der Waals surface area contributed by atoms with E-state index in [1.54, 1.807) is 7.05 Å². The van der Waals surface area contributed by atoms with Crippen LogP contribution in [0.1, 0.15) is 5.69 Å². The topological polar surface area (TPSA) is 55.6 Å². The van der Waals surface area contributed by atoms with Crippen LogP contribution in [0.4, 0.5) is 19.1 Å². The van der Waals surface area contributed by atoms with Crippen LogP contribution in [0.15, 0.2) is 18.5 Å². The van der Waals surface area contributed by atoms with Crippen molar-refractivity contribution in [2.24, 2.45) is 0 Å². The lowest BCUT2D eigenvalue weighted by Gasteiger charge is -2.05. The highest BCUT2D eigenvalue weighted by atomic mass is 35.5. The lowest BCUT2D eigenvalue weighted by atomic mass is 10.4. The average Bonchev–Trinajstić information content (AvgIpc) is 2.78. The molecule has 0 fully saturated rings. The Morgan fingerprint density at radius 3 is 2.67 bits per heavy atom. The summed E-state index contributed by atoms with van der Waals surface area (Å²) in [6.45, 7) is 0. The molecule has 2 aromatic rings. The molecule has 0 spiro atoms. The molecule has 0 aliphatic heterocycles. The van der Waals surface area contributed by atoms with Crippen LogP contribution < -0.4 is 5.32 Å². The van der Waals surface area contributed by atoms with E-state index in [0.717, 1.165) is 16.9 Å². The summed E-state index contributed by atoms with van der Waals surface area (Å²) in [4.78, 5) is 7.76. The van der Waals surface area contributed by atoms with E-state index in [9.17, 15) is 13.2 Å². The third-order valence-corrected chi connectivity index (χ3v) is 2.31. The Morgan fingerprint density at radius 1 is 1.39 bits per heavy atom. The Kier molecular flexibility index (Phi) is 3.12. The van der Waals surface area contributed by atoms with E-state index in [0.29, 0.717) is 0 Å². The van der Waals surface area contributed by atoms with Gasteiger partial charge in [0.25, 0.3) is 0 Å². The number of alkyl halides is 3. The van der Waals surface area contributed by atoms with Crippen LogP contribution in [0.5, 0.6) is 0 Å². The second kappa shape index (κ2) is 4.45. The Balaban J connectivity index is 2.45. The minimum Gasteiger partial charge on any atom is -0.357 e. The Bertz CT molecular complexity index is 566. The monoisotopic (exact) mass is 277 g/mol. The zero-order valence-electron chi connectivity index (χ0n) is 9.03. The van der Waals surface area contributed by atoms with Crippen LogP contribution in [-0.2, 0) is 6.18 Å². The summed E-state index contributed by atoms with van der Waals surface area (Å²) in [6, 6.07) is 0.845. The molecule has 0 bridgehead atoms. The first-order valence-corrected chi connectivity index (χ1v) is 5.13. The summed E-state index contributed by atoms with van der Waals surface area (Å²) in [5, 5.41) is 6.14. The van der Waals surface area contributed by atoms with Crippen molar-refractivity contribution in [1.82, 2.24) is 19.7 Å². The molecule has 0 atom stereocenters. The molecular formula is C9H7ClF3N5. The van der Waals surface area contributed by atoms with Crippen molar-refractivity contribution in [2.45, 2.75) is 6.18 Å². The van der Waals surface area contributed by atoms with Crippen LogP contribution in [-0.4, -0.2) is 26.8 Å². The molecule has 5 nitrogen and oxygen atoms in total. The van der Waals surface area contributed by atoms with Gasteiger partial charge >= 0.3 is 6.18 Å². The van der Waals surface area contributed by atoms with Gasteiger partial charge in [-0.1, -0.05) is 11.6 Å². The summed E-state index contributed by atoms with van der Waals surface area (Å²) < 4.78 is 38.2. The van der Waals surface area contributed by atoms with Crippen LogP contribution in [0, 0.1) is 0 Å². The highest BCUT2D eigenvalue weighted by Gasteiger charge is 2.33. The molecule has 0 unspecified atom stereocenters.